The van der Waals surface area contributed by atoms with Gasteiger partial charge in [-0.3, -0.25) is 63.2 Å². The highest BCUT2D eigenvalue weighted by Gasteiger charge is 2.38. The Balaban J connectivity index is 1.05. The Hall–Kier alpha value is -10.2. The van der Waals surface area contributed by atoms with Crippen LogP contribution in [0.2, 0.25) is 0 Å². The molecule has 2 aliphatic rings. The predicted octanol–water partition coefficient (Wildman–Crippen LogP) is -0.452. The summed E-state index contributed by atoms with van der Waals surface area (Å²) in [5, 5.41) is 46.7. The number of carbonyl (C=O) groups is 10. The van der Waals surface area contributed by atoms with Crippen molar-refractivity contribution in [3.63, 3.8) is 0 Å². The van der Waals surface area contributed by atoms with E-state index in [0.29, 0.717) is 58.5 Å². The number of aryl methyl sites for hydroxylation is 1. The Morgan fingerprint density at radius 2 is 1.28 bits per heavy atom. The van der Waals surface area contributed by atoms with Gasteiger partial charge in [-0.1, -0.05) is 69.3 Å². The maximum Gasteiger partial charge on any atom is 0.249 e. The molecule has 10 amide bonds. The van der Waals surface area contributed by atoms with E-state index in [-0.39, 0.29) is 87.9 Å². The average Bonchev–Trinajstić information content (AvgIpc) is 1.65. The molecule has 0 bridgehead atoms. The fourth-order valence-electron chi connectivity index (χ4n) is 11.8. The molecule has 94 heavy (non-hydrogen) atoms. The molecule has 8 rings (SSSR count). The van der Waals surface area contributed by atoms with Crippen LogP contribution < -0.4 is 59.3 Å². The van der Waals surface area contributed by atoms with Crippen molar-refractivity contribution in [1.29, 1.82) is 0 Å². The standard InChI is InChI=1S/C65H85N17O12/c1-5-82-25-11-17-54(82)64(94)81-57(87)46(16-10-24-69-65(66)67)74-58(88)48(26-35(2)3)75-62(92)52(30-43-36(4)72-45-15-9-7-13-42(43)45)79-59(89)49(27-37-18-20-40(84)21-19-37)76-63(93)53(33-83)80-60(90)50(28-38-31-70-44-14-8-6-12-41(38)44)77-61(91)51(29-39-32-68-34-71-39)78-56(86)47-22-23-55(85)73-47/h6-9,12-15,18-21,31-32,34-35,46-54,70,72,83-84H,5,10-11,16-17,22-30,33H2,1-4H3,(H,68,71)(H,73,85)(H,74,88)(H,75,92)(H,76,93)(H,77,91)(H,78,86)(H,79,89)(H,80,90)(H4,66,67,69)(H,81,87,94)/t46-,47-,48-,49-,50-,51-,52+,53-,54-/m0/s1. The molecule has 5 heterocycles. The van der Waals surface area contributed by atoms with Crippen molar-refractivity contribution in [2.75, 3.05) is 26.2 Å². The number of benzene rings is 3. The van der Waals surface area contributed by atoms with Crippen LogP contribution in [-0.4, -0.2) is 181 Å². The number of aromatic amines is 3. The lowest BCUT2D eigenvalue weighted by molar-refractivity contribution is -0.137. The lowest BCUT2D eigenvalue weighted by Crippen LogP contribution is -2.61. The maximum atomic E-state index is 15.2. The Kier molecular flexibility index (Phi) is 24.4. The van der Waals surface area contributed by atoms with Crippen molar-refractivity contribution >= 4 is 86.8 Å². The van der Waals surface area contributed by atoms with Crippen LogP contribution in [0.5, 0.6) is 5.75 Å². The molecular formula is C65H85N17O12. The molecule has 3 aromatic heterocycles. The van der Waals surface area contributed by atoms with E-state index in [1.54, 1.807) is 37.4 Å². The fraction of sp³-hybridized carbons (Fsp3) is 0.446. The molecule has 6 aromatic rings. The summed E-state index contributed by atoms with van der Waals surface area (Å²) in [6.07, 6.45) is 5.62. The van der Waals surface area contributed by atoms with Gasteiger partial charge in [0.25, 0.3) is 0 Å². The number of rotatable bonds is 32. The number of guanidine groups is 1. The summed E-state index contributed by atoms with van der Waals surface area (Å²) in [5.41, 5.74) is 15.3. The molecule has 29 heteroatoms. The molecule has 3 aromatic carbocycles. The smallest absolute Gasteiger partial charge is 0.249 e. The molecule has 0 radical (unpaired) electrons. The summed E-state index contributed by atoms with van der Waals surface area (Å²) in [4.78, 5) is 161. The minimum absolute atomic E-state index is 0.000469. The molecular weight excluding hydrogens is 1210 g/mol. The van der Waals surface area contributed by atoms with Gasteiger partial charge in [-0.25, -0.2) is 4.98 Å². The topological polar surface area (TPSA) is 447 Å². The van der Waals surface area contributed by atoms with Crippen molar-refractivity contribution in [2.24, 2.45) is 22.4 Å². The van der Waals surface area contributed by atoms with Gasteiger partial charge in [0.1, 0.15) is 54.1 Å². The number of hydrogen-bond acceptors (Lipinski definition) is 15. The summed E-state index contributed by atoms with van der Waals surface area (Å²) in [6.45, 7) is 7.69. The second-order valence-electron chi connectivity index (χ2n) is 24.2. The predicted molar refractivity (Wildman–Crippen MR) is 347 cm³/mol. The van der Waals surface area contributed by atoms with E-state index in [0.717, 1.165) is 17.3 Å². The Bertz CT molecular complexity index is 3690. The summed E-state index contributed by atoms with van der Waals surface area (Å²) >= 11 is 0. The SMILES string of the molecule is CCN1CCC[C@H]1C(=O)NC(=O)[C@H](CCCN=C(N)N)NC(=O)[C@H](CC(C)C)NC(=O)[C@@H](Cc1c(C)[nH]c2ccccc12)NC(=O)[C@H](Cc1ccc(O)cc1)NC(=O)[C@H](CO)NC(=O)[C@H](Cc1c[nH]c2ccccc12)NC(=O)[C@H](Cc1cnc[nH]1)NC(=O)[C@@H]1CCC(=O)N1. The first-order chi connectivity index (χ1) is 45.1. The first-order valence-electron chi connectivity index (χ1n) is 31.6. The number of H-pyrrole nitrogens is 3. The van der Waals surface area contributed by atoms with Gasteiger partial charge in [0.2, 0.25) is 59.1 Å². The van der Waals surface area contributed by atoms with Crippen LogP contribution in [0.1, 0.15) is 93.8 Å². The number of imidazole rings is 1. The lowest BCUT2D eigenvalue weighted by Gasteiger charge is -2.28. The van der Waals surface area contributed by atoms with Crippen molar-refractivity contribution in [3.05, 3.63) is 120 Å². The third-order valence-electron chi connectivity index (χ3n) is 16.8. The van der Waals surface area contributed by atoms with Crippen LogP contribution in [0.4, 0.5) is 0 Å². The van der Waals surface area contributed by atoms with Gasteiger partial charge < -0.3 is 79.2 Å². The number of aliphatic hydroxyl groups excluding tert-OH is 1. The van der Waals surface area contributed by atoms with Crippen LogP contribution in [-0.2, 0) is 73.6 Å². The summed E-state index contributed by atoms with van der Waals surface area (Å²) in [5.74, 6) is -8.13. The average molecular weight is 1300 g/mol. The number of fused-ring (bicyclic) bond motifs is 2. The molecule has 0 spiro atoms. The zero-order chi connectivity index (χ0) is 67.6. The number of likely N-dealkylation sites (N-methyl/N-ethyl adjacent to an activating group) is 1. The van der Waals surface area contributed by atoms with Gasteiger partial charge in [0.15, 0.2) is 5.96 Å². The van der Waals surface area contributed by atoms with Crippen molar-refractivity contribution < 1.29 is 58.2 Å². The number of nitrogens with zero attached hydrogens (tertiary/aromatic N) is 3. The first-order valence-corrected chi connectivity index (χ1v) is 31.6. The number of amides is 10. The van der Waals surface area contributed by atoms with E-state index in [1.165, 1.54) is 36.8 Å². The van der Waals surface area contributed by atoms with Crippen LogP contribution in [0.25, 0.3) is 21.8 Å². The van der Waals surface area contributed by atoms with Gasteiger partial charge in [-0.2, -0.15) is 0 Å². The largest absolute Gasteiger partial charge is 0.508 e. The molecule has 2 fully saturated rings. The Morgan fingerprint density at radius 3 is 1.90 bits per heavy atom. The van der Waals surface area contributed by atoms with Crippen LogP contribution in [0.3, 0.4) is 0 Å². The van der Waals surface area contributed by atoms with Crippen LogP contribution in [0, 0.1) is 12.8 Å². The minimum Gasteiger partial charge on any atom is -0.508 e. The molecule has 18 N–H and O–H groups in total. The Labute approximate surface area is 542 Å². The number of carbonyl (C=O) groups excluding carboxylic acids is 10. The van der Waals surface area contributed by atoms with Gasteiger partial charge in [-0.05, 0) is 105 Å². The van der Waals surface area contributed by atoms with Gasteiger partial charge in [-0.15, -0.1) is 0 Å². The van der Waals surface area contributed by atoms with E-state index < -0.39 is 114 Å². The van der Waals surface area contributed by atoms with Crippen molar-refractivity contribution in [3.8, 4) is 5.75 Å². The molecule has 0 saturated carbocycles. The maximum absolute atomic E-state index is 15.2. The number of phenols is 1. The quantitative estimate of drug-likeness (QED) is 0.0144. The number of nitrogens with two attached hydrogens (primary N) is 2. The molecule has 2 saturated heterocycles. The molecule has 0 unspecified atom stereocenters. The van der Waals surface area contributed by atoms with Crippen LogP contribution >= 0.6 is 0 Å². The number of imide groups is 1. The number of aromatic hydroxyl groups is 1. The van der Waals surface area contributed by atoms with E-state index in [4.69, 9.17) is 11.5 Å². The van der Waals surface area contributed by atoms with Gasteiger partial charge in [0, 0.05) is 84.2 Å². The van der Waals surface area contributed by atoms with Gasteiger partial charge in [0.05, 0.1) is 19.0 Å². The third kappa shape index (κ3) is 19.0. The zero-order valence-electron chi connectivity index (χ0n) is 53.0. The highest BCUT2D eigenvalue weighted by atomic mass is 16.3. The number of aromatic nitrogens is 4. The number of likely N-dealkylation sites (tertiary alicyclic amines) is 1. The van der Waals surface area contributed by atoms with Crippen LogP contribution in [0.15, 0.2) is 96.5 Å². The normalized spacial score (nSPS) is 16.9. The highest BCUT2D eigenvalue weighted by molar-refractivity contribution is 6.03. The second-order valence-corrected chi connectivity index (χ2v) is 24.2. The zero-order valence-corrected chi connectivity index (χ0v) is 53.0. The first kappa shape index (κ1) is 69.7. The highest BCUT2D eigenvalue weighted by Crippen LogP contribution is 2.25. The lowest BCUT2D eigenvalue weighted by atomic mass is 9.98. The number of nitrogens with one attached hydrogen (secondary N) is 12. The molecule has 29 nitrogen and oxygen atoms in total. The van der Waals surface area contributed by atoms with E-state index in [2.05, 4.69) is 72.8 Å². The Morgan fingerprint density at radius 1 is 0.681 bits per heavy atom. The van der Waals surface area contributed by atoms with E-state index >= 15 is 9.59 Å². The minimum atomic E-state index is -1.79. The third-order valence-corrected chi connectivity index (χ3v) is 16.8. The van der Waals surface area contributed by atoms with Gasteiger partial charge >= 0.3 is 0 Å². The second kappa shape index (κ2) is 32.9. The van der Waals surface area contributed by atoms with E-state index in [9.17, 15) is 48.6 Å². The summed E-state index contributed by atoms with van der Waals surface area (Å²) < 4.78 is 0. The number of para-hydroxylation sites is 2. The summed E-state index contributed by atoms with van der Waals surface area (Å²) in [7, 11) is 0. The molecule has 2 aliphatic heterocycles. The summed E-state index contributed by atoms with van der Waals surface area (Å²) in [6, 6.07) is 8.52. The number of aliphatic imine (C=N–C) groups is 1. The van der Waals surface area contributed by atoms with E-state index in [1.807, 2.05) is 49.9 Å². The number of phenolic OH excluding ortho intramolecular Hbond substituents is 1. The van der Waals surface area contributed by atoms with Crippen molar-refractivity contribution in [1.82, 2.24) is 72.7 Å². The molecule has 9 atom stereocenters. The molecule has 502 valence electrons. The number of aliphatic hydroxyl groups is 1. The molecule has 0 aliphatic carbocycles. The number of hydrogen-bond donors (Lipinski definition) is 16. The van der Waals surface area contributed by atoms with Crippen molar-refractivity contribution in [2.45, 2.75) is 153 Å². The fourth-order valence-corrected chi connectivity index (χ4v) is 11.8. The monoisotopic (exact) mass is 1300 g/mol.